The quantitative estimate of drug-likeness (QED) is 0.506. The lowest BCUT2D eigenvalue weighted by Crippen LogP contribution is -2.59. The lowest BCUT2D eigenvalue weighted by atomic mass is 9.85. The number of hydrogen-bond donors (Lipinski definition) is 3. The molecule has 0 aliphatic carbocycles. The molecule has 11 heteroatoms. The molecular weight excluding hydrogens is 501 g/mol. The van der Waals surface area contributed by atoms with Gasteiger partial charge in [-0.2, -0.15) is 13.2 Å². The molecule has 4 N–H and O–H groups in total. The summed E-state index contributed by atoms with van der Waals surface area (Å²) in [7, 11) is 0. The van der Waals surface area contributed by atoms with Crippen LogP contribution >= 0.6 is 0 Å². The second kappa shape index (κ2) is 9.76. The predicted octanol–water partition coefficient (Wildman–Crippen LogP) is 3.50. The first-order valence-electron chi connectivity index (χ1n) is 12.0. The van der Waals surface area contributed by atoms with Crippen molar-refractivity contribution in [1.82, 2.24) is 10.2 Å². The minimum absolute atomic E-state index is 0.0398. The molecule has 2 aromatic carbocycles. The summed E-state index contributed by atoms with van der Waals surface area (Å²) in [6, 6.07) is 11.3. The number of fused-ring (bicyclic) bond motifs is 1. The van der Waals surface area contributed by atoms with E-state index >= 15 is 0 Å². The molecule has 2 aromatic rings. The fraction of sp³-hybridized carbons (Fsp3) is 0.407. The molecule has 4 rings (SSSR count). The molecular formula is C27H29F3N4O4. The zero-order valence-corrected chi connectivity index (χ0v) is 21.3. The third kappa shape index (κ3) is 5.09. The van der Waals surface area contributed by atoms with Crippen molar-refractivity contribution in [2.24, 2.45) is 10.7 Å². The van der Waals surface area contributed by atoms with E-state index in [9.17, 15) is 23.1 Å². The first-order valence-corrected chi connectivity index (χ1v) is 12.0. The Balaban J connectivity index is 1.67. The number of amides is 1. The average molecular weight is 531 g/mol. The van der Waals surface area contributed by atoms with Crippen molar-refractivity contribution in [3.05, 3.63) is 65.7 Å². The van der Waals surface area contributed by atoms with Gasteiger partial charge in [0, 0.05) is 16.8 Å². The Labute approximate surface area is 218 Å². The molecule has 8 nitrogen and oxygen atoms in total. The summed E-state index contributed by atoms with van der Waals surface area (Å²) >= 11 is 0. The van der Waals surface area contributed by atoms with Crippen molar-refractivity contribution in [2.75, 3.05) is 13.2 Å². The van der Waals surface area contributed by atoms with Crippen LogP contribution in [-0.2, 0) is 11.3 Å². The predicted molar refractivity (Wildman–Crippen MR) is 134 cm³/mol. The van der Waals surface area contributed by atoms with Crippen LogP contribution in [0.4, 0.5) is 13.2 Å². The number of alkyl halides is 3. The number of aliphatic hydroxyl groups is 1. The van der Waals surface area contributed by atoms with Crippen molar-refractivity contribution in [2.45, 2.75) is 57.1 Å². The van der Waals surface area contributed by atoms with Gasteiger partial charge in [-0.25, -0.2) is 4.99 Å². The highest BCUT2D eigenvalue weighted by atomic mass is 19.4. The maximum absolute atomic E-state index is 14.0. The number of nitrogens with two attached hydrogens (primary N) is 1. The van der Waals surface area contributed by atoms with E-state index in [-0.39, 0.29) is 41.8 Å². The van der Waals surface area contributed by atoms with Gasteiger partial charge in [0.25, 0.3) is 0 Å². The van der Waals surface area contributed by atoms with Crippen LogP contribution in [0, 0.1) is 12.1 Å². The molecule has 0 fully saturated rings. The maximum Gasteiger partial charge on any atom is 0.423 e. The zero-order valence-electron chi connectivity index (χ0n) is 21.3. The van der Waals surface area contributed by atoms with Gasteiger partial charge < -0.3 is 25.6 Å². The summed E-state index contributed by atoms with van der Waals surface area (Å²) in [4.78, 5) is 18.5. The minimum Gasteiger partial charge on any atom is -0.494 e. The van der Waals surface area contributed by atoms with Crippen LogP contribution in [-0.4, -0.2) is 52.4 Å². The van der Waals surface area contributed by atoms with E-state index in [0.29, 0.717) is 23.5 Å². The first-order chi connectivity index (χ1) is 17.8. The summed E-state index contributed by atoms with van der Waals surface area (Å²) in [6.45, 7) is 8.72. The fourth-order valence-electron chi connectivity index (χ4n) is 4.49. The van der Waals surface area contributed by atoms with Gasteiger partial charge in [-0.15, -0.1) is 0 Å². The summed E-state index contributed by atoms with van der Waals surface area (Å²) in [6.07, 6.45) is -4.84. The van der Waals surface area contributed by atoms with Crippen LogP contribution in [0.1, 0.15) is 49.9 Å². The highest BCUT2D eigenvalue weighted by molar-refractivity contribution is 5.99. The highest BCUT2D eigenvalue weighted by Crippen LogP contribution is 2.46. The van der Waals surface area contributed by atoms with Gasteiger partial charge in [-0.3, -0.25) is 9.69 Å². The third-order valence-electron chi connectivity index (χ3n) is 6.44. The number of nitrogens with zero attached hydrogens (tertiary/aromatic N) is 2. The number of aliphatic imine (C=N–C) groups is 1. The van der Waals surface area contributed by atoms with Gasteiger partial charge in [0.1, 0.15) is 12.4 Å². The lowest BCUT2D eigenvalue weighted by Gasteiger charge is -2.42. The second-order valence-corrected chi connectivity index (χ2v) is 9.85. The van der Waals surface area contributed by atoms with Crippen LogP contribution in [0.25, 0.3) is 5.70 Å². The van der Waals surface area contributed by atoms with Crippen LogP contribution in [0.3, 0.4) is 0 Å². The largest absolute Gasteiger partial charge is 0.494 e. The van der Waals surface area contributed by atoms with Gasteiger partial charge in [-0.05, 0) is 62.7 Å². The summed E-state index contributed by atoms with van der Waals surface area (Å²) in [5.74, 6) is 0.385. The van der Waals surface area contributed by atoms with Gasteiger partial charge in [0.05, 0.1) is 31.2 Å². The van der Waals surface area contributed by atoms with E-state index in [0.717, 1.165) is 0 Å². The van der Waals surface area contributed by atoms with Crippen molar-refractivity contribution in [1.29, 1.82) is 0 Å². The lowest BCUT2D eigenvalue weighted by molar-refractivity contribution is -0.282. The Hall–Kier alpha value is -3.91. The van der Waals surface area contributed by atoms with E-state index in [1.54, 1.807) is 25.1 Å². The molecule has 0 bridgehead atoms. The molecule has 0 saturated carbocycles. The normalized spacial score (nSPS) is 22.5. The Bertz CT molecular complexity index is 1280. The summed E-state index contributed by atoms with van der Waals surface area (Å²) in [5.41, 5.74) is 3.38. The molecule has 38 heavy (non-hydrogen) atoms. The monoisotopic (exact) mass is 530 g/mol. The zero-order chi connectivity index (χ0) is 27.9. The van der Waals surface area contributed by atoms with E-state index < -0.39 is 30.0 Å². The summed E-state index contributed by atoms with van der Waals surface area (Å²) < 4.78 is 52.9. The Morgan fingerprint density at radius 3 is 2.79 bits per heavy atom. The molecule has 202 valence electrons. The van der Waals surface area contributed by atoms with Gasteiger partial charge >= 0.3 is 6.18 Å². The fourth-order valence-corrected chi connectivity index (χ4v) is 4.49. The van der Waals surface area contributed by atoms with E-state index in [4.69, 9.17) is 15.2 Å². The molecule has 0 saturated heterocycles. The molecule has 2 heterocycles. The van der Waals surface area contributed by atoms with Crippen molar-refractivity contribution >= 4 is 17.6 Å². The Morgan fingerprint density at radius 1 is 1.39 bits per heavy atom. The van der Waals surface area contributed by atoms with Crippen molar-refractivity contribution in [3.63, 3.8) is 0 Å². The number of hydrogen-bond acceptors (Lipinski definition) is 7. The number of guanidine groups is 1. The number of rotatable bonds is 7. The van der Waals surface area contributed by atoms with Crippen LogP contribution in [0.15, 0.2) is 41.9 Å². The van der Waals surface area contributed by atoms with Gasteiger partial charge in [0.15, 0.2) is 11.7 Å². The van der Waals surface area contributed by atoms with Crippen molar-refractivity contribution < 1.29 is 32.5 Å². The molecule has 1 amide bonds. The topological polar surface area (TPSA) is 109 Å². The van der Waals surface area contributed by atoms with E-state index in [1.165, 1.54) is 17.0 Å². The SMILES string of the molecule is C=C(NC1c2ccc#cc2OCC1(O)C(F)(F)F)c1ccc(OCC)c(CN2C(=O)CC(C)(C)N=C2N)c1. The smallest absolute Gasteiger partial charge is 0.423 e. The number of halogens is 3. The number of nitrogens with one attached hydrogen (secondary N) is 1. The Kier molecular flexibility index (Phi) is 6.97. The third-order valence-corrected chi connectivity index (χ3v) is 6.44. The minimum atomic E-state index is -5.01. The van der Waals surface area contributed by atoms with Gasteiger partial charge in [0.2, 0.25) is 11.5 Å². The summed E-state index contributed by atoms with van der Waals surface area (Å²) in [5, 5.41) is 13.5. The number of benzene rings is 1. The molecule has 0 aromatic heterocycles. The maximum atomic E-state index is 14.0. The molecule has 2 aliphatic heterocycles. The number of carbonyl (C=O) groups is 1. The van der Waals surface area contributed by atoms with Gasteiger partial charge in [-0.1, -0.05) is 12.6 Å². The molecule has 2 atom stereocenters. The van der Waals surface area contributed by atoms with Crippen LogP contribution < -0.4 is 20.5 Å². The highest BCUT2D eigenvalue weighted by Gasteiger charge is 2.62. The first kappa shape index (κ1) is 27.1. The van der Waals surface area contributed by atoms with E-state index in [2.05, 4.69) is 29.0 Å². The number of carbonyl (C=O) groups excluding carboxylic acids is 1. The Morgan fingerprint density at radius 2 is 2.13 bits per heavy atom. The molecule has 2 aliphatic rings. The van der Waals surface area contributed by atoms with Crippen molar-refractivity contribution in [3.8, 4) is 11.5 Å². The van der Waals surface area contributed by atoms with Crippen LogP contribution in [0.5, 0.6) is 11.5 Å². The average Bonchev–Trinajstić information content (AvgIpc) is 2.83. The van der Waals surface area contributed by atoms with Crippen LogP contribution in [0.2, 0.25) is 0 Å². The molecule has 0 radical (unpaired) electrons. The second-order valence-electron chi connectivity index (χ2n) is 9.85. The van der Waals surface area contributed by atoms with E-state index in [1.807, 2.05) is 13.8 Å². The number of ether oxygens (including phenoxy) is 2. The molecule has 0 spiro atoms. The standard InChI is InChI=1S/C27H29F3N4O4/c1-5-37-20-11-10-17(12-18(20)14-34-22(35)13-25(3,4)33-24(34)31)16(2)32-23-19-8-6-7-9-21(19)38-15-26(23,36)27(28,29)30/h6,8,10-12,23,32,36H,2,5,13-15H2,1,3-4H3,(H2,31,33). The molecule has 2 unspecified atom stereocenters.